The van der Waals surface area contributed by atoms with Crippen molar-refractivity contribution in [1.82, 2.24) is 0 Å². The van der Waals surface area contributed by atoms with Gasteiger partial charge in [-0.15, -0.1) is 0 Å². The first-order valence-corrected chi connectivity index (χ1v) is 7.67. The fourth-order valence-electron chi connectivity index (χ4n) is 2.72. The maximum absolute atomic E-state index is 10.0. The highest BCUT2D eigenvalue weighted by atomic mass is 16.3. The number of anilines is 1. The summed E-state index contributed by atoms with van der Waals surface area (Å²) in [6.45, 7) is 0. The lowest BCUT2D eigenvalue weighted by Crippen LogP contribution is -2.02. The molecule has 24 heavy (non-hydrogen) atoms. The van der Waals surface area contributed by atoms with Crippen molar-refractivity contribution in [2.45, 2.75) is 12.8 Å². The third-order valence-electron chi connectivity index (χ3n) is 4.00. The van der Waals surface area contributed by atoms with Gasteiger partial charge in [0.15, 0.2) is 0 Å². The largest absolute Gasteiger partial charge is 0.508 e. The molecule has 0 atom stereocenters. The molecule has 4 heteroatoms. The second-order valence-electron chi connectivity index (χ2n) is 5.86. The highest BCUT2D eigenvalue weighted by Crippen LogP contribution is 2.29. The molecule has 0 saturated carbocycles. The van der Waals surface area contributed by atoms with Gasteiger partial charge >= 0.3 is 0 Å². The fourth-order valence-corrected chi connectivity index (χ4v) is 2.72. The number of phenols is 3. The van der Waals surface area contributed by atoms with Crippen LogP contribution >= 0.6 is 0 Å². The van der Waals surface area contributed by atoms with Crippen LogP contribution in [0.2, 0.25) is 0 Å². The summed E-state index contributed by atoms with van der Waals surface area (Å²) in [7, 11) is 0. The Balaban J connectivity index is 1.89. The van der Waals surface area contributed by atoms with Crippen LogP contribution in [0.25, 0.3) is 0 Å². The van der Waals surface area contributed by atoms with Gasteiger partial charge in [0.2, 0.25) is 0 Å². The molecule has 0 bridgehead atoms. The van der Waals surface area contributed by atoms with E-state index in [0.29, 0.717) is 18.5 Å². The van der Waals surface area contributed by atoms with Gasteiger partial charge in [0.25, 0.3) is 0 Å². The number of hydrogen-bond donors (Lipinski definition) is 4. The predicted molar refractivity (Wildman–Crippen MR) is 94.3 cm³/mol. The summed E-state index contributed by atoms with van der Waals surface area (Å²) in [4.78, 5) is 0. The van der Waals surface area contributed by atoms with Crippen molar-refractivity contribution in [1.29, 1.82) is 0 Å². The molecule has 0 heterocycles. The first kappa shape index (κ1) is 15.7. The number of aromatic hydroxyl groups is 3. The molecule has 0 unspecified atom stereocenters. The third-order valence-corrected chi connectivity index (χ3v) is 4.00. The number of nitrogens with two attached hydrogens (primary N) is 1. The summed E-state index contributed by atoms with van der Waals surface area (Å²) < 4.78 is 0. The molecule has 0 spiro atoms. The SMILES string of the molecule is Nc1c(Cc2ccc(O)cc2)cc(O)cc1Cc1ccc(O)cc1. The van der Waals surface area contributed by atoms with Gasteiger partial charge in [0, 0.05) is 5.69 Å². The molecule has 0 fully saturated rings. The van der Waals surface area contributed by atoms with Crippen molar-refractivity contribution >= 4 is 5.69 Å². The first-order valence-electron chi connectivity index (χ1n) is 7.67. The summed E-state index contributed by atoms with van der Waals surface area (Å²) in [6, 6.07) is 17.2. The Morgan fingerprint density at radius 1 is 0.583 bits per heavy atom. The summed E-state index contributed by atoms with van der Waals surface area (Å²) in [5, 5.41) is 28.8. The summed E-state index contributed by atoms with van der Waals surface area (Å²) in [5.74, 6) is 0.609. The van der Waals surface area contributed by atoms with Crippen LogP contribution in [0.5, 0.6) is 17.2 Å². The topological polar surface area (TPSA) is 86.7 Å². The zero-order chi connectivity index (χ0) is 17.1. The third kappa shape index (κ3) is 3.60. The first-order chi connectivity index (χ1) is 11.5. The zero-order valence-corrected chi connectivity index (χ0v) is 13.1. The summed E-state index contributed by atoms with van der Waals surface area (Å²) in [5.41, 5.74) is 10.6. The van der Waals surface area contributed by atoms with Crippen LogP contribution < -0.4 is 5.73 Å². The van der Waals surface area contributed by atoms with Crippen LogP contribution in [0.4, 0.5) is 5.69 Å². The zero-order valence-electron chi connectivity index (χ0n) is 13.1. The van der Waals surface area contributed by atoms with E-state index in [1.54, 1.807) is 36.4 Å². The Morgan fingerprint density at radius 2 is 0.958 bits per heavy atom. The molecule has 3 rings (SSSR count). The monoisotopic (exact) mass is 321 g/mol. The Kier molecular flexibility index (Phi) is 4.29. The molecule has 0 saturated heterocycles. The number of hydrogen-bond acceptors (Lipinski definition) is 4. The molecule has 122 valence electrons. The van der Waals surface area contributed by atoms with Gasteiger partial charge in [0.05, 0.1) is 0 Å². The highest BCUT2D eigenvalue weighted by molar-refractivity contribution is 5.59. The summed E-state index contributed by atoms with van der Waals surface area (Å²) in [6.07, 6.45) is 1.15. The number of rotatable bonds is 4. The molecule has 4 nitrogen and oxygen atoms in total. The molecule has 0 aliphatic carbocycles. The van der Waals surface area contributed by atoms with E-state index in [1.807, 2.05) is 24.3 Å². The Hall–Kier alpha value is -3.14. The van der Waals surface area contributed by atoms with Crippen molar-refractivity contribution in [3.05, 3.63) is 82.9 Å². The molecule has 5 N–H and O–H groups in total. The number of nitrogen functional groups attached to an aromatic ring is 1. The molecule has 3 aromatic rings. The van der Waals surface area contributed by atoms with Crippen molar-refractivity contribution in [2.75, 3.05) is 5.73 Å². The minimum atomic E-state index is 0.173. The van der Waals surface area contributed by atoms with E-state index in [2.05, 4.69) is 0 Å². The van der Waals surface area contributed by atoms with Gasteiger partial charge in [0.1, 0.15) is 17.2 Å². The maximum atomic E-state index is 10.0. The standard InChI is InChI=1S/C20H19NO3/c21-20-15(9-13-1-5-17(22)6-2-13)11-19(24)12-16(20)10-14-3-7-18(23)8-4-14/h1-8,11-12,22-24H,9-10,21H2. The van der Waals surface area contributed by atoms with Crippen molar-refractivity contribution in [3.8, 4) is 17.2 Å². The van der Waals surface area contributed by atoms with E-state index < -0.39 is 0 Å². The van der Waals surface area contributed by atoms with E-state index in [9.17, 15) is 15.3 Å². The smallest absolute Gasteiger partial charge is 0.116 e. The molecule has 0 aliphatic heterocycles. The van der Waals surface area contributed by atoms with Crippen LogP contribution in [0.1, 0.15) is 22.3 Å². The average molecular weight is 321 g/mol. The fraction of sp³-hybridized carbons (Fsp3) is 0.100. The van der Waals surface area contributed by atoms with E-state index in [1.165, 1.54) is 0 Å². The van der Waals surface area contributed by atoms with Gasteiger partial charge in [-0.2, -0.15) is 0 Å². The van der Waals surface area contributed by atoms with Crippen molar-refractivity contribution < 1.29 is 15.3 Å². The molecular formula is C20H19NO3. The normalized spacial score (nSPS) is 10.7. The van der Waals surface area contributed by atoms with Crippen molar-refractivity contribution in [2.24, 2.45) is 0 Å². The van der Waals surface area contributed by atoms with Gasteiger partial charge in [-0.1, -0.05) is 24.3 Å². The van der Waals surface area contributed by atoms with Gasteiger partial charge < -0.3 is 21.1 Å². The highest BCUT2D eigenvalue weighted by Gasteiger charge is 2.10. The molecule has 0 aliphatic rings. The van der Waals surface area contributed by atoms with Gasteiger partial charge in [-0.25, -0.2) is 0 Å². The minimum absolute atomic E-state index is 0.173. The average Bonchev–Trinajstić information content (AvgIpc) is 2.56. The van der Waals surface area contributed by atoms with Crippen LogP contribution in [0, 0.1) is 0 Å². The van der Waals surface area contributed by atoms with Crippen LogP contribution in [-0.4, -0.2) is 15.3 Å². The van der Waals surface area contributed by atoms with E-state index in [-0.39, 0.29) is 17.2 Å². The second kappa shape index (κ2) is 6.54. The molecule has 0 radical (unpaired) electrons. The lowest BCUT2D eigenvalue weighted by molar-refractivity contribution is 0.473. The van der Waals surface area contributed by atoms with Crippen molar-refractivity contribution in [3.63, 3.8) is 0 Å². The maximum Gasteiger partial charge on any atom is 0.116 e. The van der Waals surface area contributed by atoms with E-state index in [0.717, 1.165) is 22.3 Å². The lowest BCUT2D eigenvalue weighted by atomic mass is 9.96. The predicted octanol–water partition coefficient (Wildman–Crippen LogP) is 3.57. The molecule has 0 amide bonds. The molecule has 3 aromatic carbocycles. The Labute approximate surface area is 140 Å². The quantitative estimate of drug-likeness (QED) is 0.437. The Bertz CT molecular complexity index is 771. The number of benzene rings is 3. The van der Waals surface area contributed by atoms with Crippen LogP contribution in [0.15, 0.2) is 60.7 Å². The second-order valence-corrected chi connectivity index (χ2v) is 5.86. The van der Waals surface area contributed by atoms with Crippen LogP contribution in [0.3, 0.4) is 0 Å². The molecular weight excluding hydrogens is 302 g/mol. The minimum Gasteiger partial charge on any atom is -0.508 e. The summed E-state index contributed by atoms with van der Waals surface area (Å²) >= 11 is 0. The van der Waals surface area contributed by atoms with Gasteiger partial charge in [-0.3, -0.25) is 0 Å². The Morgan fingerprint density at radius 3 is 1.33 bits per heavy atom. The lowest BCUT2D eigenvalue weighted by Gasteiger charge is -2.13. The molecule has 0 aromatic heterocycles. The van der Waals surface area contributed by atoms with E-state index in [4.69, 9.17) is 5.73 Å². The number of phenolic OH excluding ortho intramolecular Hbond substituents is 3. The van der Waals surface area contributed by atoms with E-state index >= 15 is 0 Å². The van der Waals surface area contributed by atoms with Crippen LogP contribution in [-0.2, 0) is 12.8 Å². The van der Waals surface area contributed by atoms with Gasteiger partial charge in [-0.05, 0) is 71.5 Å².